The first-order chi connectivity index (χ1) is 18.6. The zero-order chi connectivity index (χ0) is 26.2. The lowest BCUT2D eigenvalue weighted by Gasteiger charge is -2.36. The maximum absolute atomic E-state index is 10.4. The normalized spacial score (nSPS) is 16.3. The van der Waals surface area contributed by atoms with Crippen molar-refractivity contribution in [3.63, 3.8) is 0 Å². The van der Waals surface area contributed by atoms with Crippen molar-refractivity contribution >= 4 is 0 Å². The Balaban J connectivity index is 0.966. The summed E-state index contributed by atoms with van der Waals surface area (Å²) in [4.78, 5) is 4.41. The number of hydrogen-bond acceptors (Lipinski definition) is 12. The quantitative estimate of drug-likeness (QED) is 0.279. The van der Waals surface area contributed by atoms with Crippen LogP contribution in [0.2, 0.25) is 0 Å². The highest BCUT2D eigenvalue weighted by Gasteiger charge is 2.21. The predicted octanol–water partition coefficient (Wildman–Crippen LogP) is 1.58. The van der Waals surface area contributed by atoms with Crippen molar-refractivity contribution in [2.75, 3.05) is 52.5 Å². The molecule has 5 rings (SSSR count). The minimum atomic E-state index is -0.609. The minimum Gasteiger partial charge on any atom is -0.491 e. The molecule has 2 N–H and O–H groups in total. The summed E-state index contributed by atoms with van der Waals surface area (Å²) < 4.78 is 21.8. The first-order valence-corrected chi connectivity index (χ1v) is 12.4. The van der Waals surface area contributed by atoms with E-state index in [1.54, 1.807) is 0 Å². The van der Waals surface area contributed by atoms with E-state index in [1.165, 1.54) is 12.8 Å². The summed E-state index contributed by atoms with van der Waals surface area (Å²) in [6, 6.07) is 14.6. The summed E-state index contributed by atoms with van der Waals surface area (Å²) in [5.41, 5.74) is 1.61. The Morgan fingerprint density at radius 3 is 1.39 bits per heavy atom. The van der Waals surface area contributed by atoms with Gasteiger partial charge in [0.2, 0.25) is 24.6 Å². The standard InChI is InChI=1S/C26H30N6O6/c33-21(15-35-23-5-1-19(2-6-23)25-29-27-17-37-25)13-31-9-11-32(12-10-31)14-22(34)16-36-24-7-3-20(4-8-24)26-30-28-18-38-26/h1-8,17-18,21-22,33-34H,9-16H2. The van der Waals surface area contributed by atoms with E-state index in [1.807, 2.05) is 48.5 Å². The van der Waals surface area contributed by atoms with Crippen molar-refractivity contribution in [2.45, 2.75) is 12.2 Å². The van der Waals surface area contributed by atoms with Gasteiger partial charge in [0, 0.05) is 50.4 Å². The summed E-state index contributed by atoms with van der Waals surface area (Å²) in [7, 11) is 0. The molecule has 1 aliphatic heterocycles. The van der Waals surface area contributed by atoms with Crippen LogP contribution in [0.5, 0.6) is 11.5 Å². The second-order valence-electron chi connectivity index (χ2n) is 9.07. The highest BCUT2D eigenvalue weighted by Crippen LogP contribution is 2.21. The Kier molecular flexibility index (Phi) is 8.56. The van der Waals surface area contributed by atoms with E-state index in [2.05, 4.69) is 30.2 Å². The van der Waals surface area contributed by atoms with Gasteiger partial charge in [-0.15, -0.1) is 20.4 Å². The molecule has 0 spiro atoms. The molecule has 1 fully saturated rings. The highest BCUT2D eigenvalue weighted by molar-refractivity contribution is 5.54. The summed E-state index contributed by atoms with van der Waals surface area (Å²) in [6.45, 7) is 4.68. The smallest absolute Gasteiger partial charge is 0.247 e. The third-order valence-corrected chi connectivity index (χ3v) is 6.21. The molecule has 1 saturated heterocycles. The summed E-state index contributed by atoms with van der Waals surface area (Å²) in [6.07, 6.45) is 1.35. The van der Waals surface area contributed by atoms with Crippen molar-refractivity contribution < 1.29 is 28.5 Å². The average Bonchev–Trinajstić information content (AvgIpc) is 3.68. The van der Waals surface area contributed by atoms with Gasteiger partial charge in [-0.2, -0.15) is 0 Å². The summed E-state index contributed by atoms with van der Waals surface area (Å²) >= 11 is 0. The zero-order valence-corrected chi connectivity index (χ0v) is 20.8. The van der Waals surface area contributed by atoms with E-state index < -0.39 is 12.2 Å². The van der Waals surface area contributed by atoms with Crippen LogP contribution in [0.3, 0.4) is 0 Å². The Hall–Kier alpha value is -3.84. The second-order valence-corrected chi connectivity index (χ2v) is 9.07. The van der Waals surface area contributed by atoms with Crippen LogP contribution in [0.15, 0.2) is 70.2 Å². The topological polar surface area (TPSA) is 143 Å². The molecule has 38 heavy (non-hydrogen) atoms. The van der Waals surface area contributed by atoms with Crippen molar-refractivity contribution in [2.24, 2.45) is 0 Å². The number of benzene rings is 2. The van der Waals surface area contributed by atoms with Gasteiger partial charge >= 0.3 is 0 Å². The first kappa shape index (κ1) is 25.8. The molecule has 2 aromatic carbocycles. The number of rotatable bonds is 12. The molecule has 2 atom stereocenters. The molecular weight excluding hydrogens is 492 g/mol. The van der Waals surface area contributed by atoms with Crippen molar-refractivity contribution in [3.05, 3.63) is 61.3 Å². The van der Waals surface area contributed by atoms with Crippen LogP contribution in [0, 0.1) is 0 Å². The fourth-order valence-corrected chi connectivity index (χ4v) is 4.23. The molecule has 0 radical (unpaired) electrons. The van der Waals surface area contributed by atoms with E-state index in [0.29, 0.717) is 36.4 Å². The number of aliphatic hydroxyl groups is 2. The monoisotopic (exact) mass is 522 g/mol. The fourth-order valence-electron chi connectivity index (χ4n) is 4.23. The Bertz CT molecular complexity index is 1110. The molecule has 0 amide bonds. The summed E-state index contributed by atoms with van der Waals surface area (Å²) in [5.74, 6) is 2.22. The van der Waals surface area contributed by atoms with Gasteiger partial charge in [0.05, 0.1) is 0 Å². The SMILES string of the molecule is OC(COc1ccc(-c2nnco2)cc1)CN1CCN(CC(O)COc2ccc(-c3nnco3)cc2)CC1. The number of ether oxygens (including phenoxy) is 2. The molecule has 0 saturated carbocycles. The molecular formula is C26H30N6O6. The lowest BCUT2D eigenvalue weighted by molar-refractivity contribution is 0.0240. The lowest BCUT2D eigenvalue weighted by atomic mass is 10.2. The highest BCUT2D eigenvalue weighted by atomic mass is 16.5. The van der Waals surface area contributed by atoms with Crippen LogP contribution >= 0.6 is 0 Å². The van der Waals surface area contributed by atoms with E-state index in [9.17, 15) is 10.2 Å². The Morgan fingerprint density at radius 2 is 1.05 bits per heavy atom. The molecule has 0 bridgehead atoms. The molecule has 200 valence electrons. The molecule has 3 heterocycles. The maximum Gasteiger partial charge on any atom is 0.247 e. The van der Waals surface area contributed by atoms with Gasteiger partial charge in [0.15, 0.2) is 0 Å². The number of aromatic nitrogens is 4. The fraction of sp³-hybridized carbons (Fsp3) is 0.385. The van der Waals surface area contributed by atoms with Gasteiger partial charge in [0.25, 0.3) is 0 Å². The molecule has 12 nitrogen and oxygen atoms in total. The van der Waals surface area contributed by atoms with Crippen LogP contribution in [-0.2, 0) is 0 Å². The average molecular weight is 523 g/mol. The van der Waals surface area contributed by atoms with E-state index in [-0.39, 0.29) is 13.2 Å². The van der Waals surface area contributed by atoms with Crippen molar-refractivity contribution in [1.82, 2.24) is 30.2 Å². The van der Waals surface area contributed by atoms with Crippen molar-refractivity contribution in [3.8, 4) is 34.4 Å². The first-order valence-electron chi connectivity index (χ1n) is 12.4. The zero-order valence-electron chi connectivity index (χ0n) is 20.8. The molecule has 0 aliphatic carbocycles. The van der Waals surface area contributed by atoms with E-state index in [0.717, 1.165) is 37.3 Å². The van der Waals surface area contributed by atoms with Crippen LogP contribution < -0.4 is 9.47 Å². The third-order valence-electron chi connectivity index (χ3n) is 6.21. The molecule has 2 unspecified atom stereocenters. The number of piperazine rings is 1. The van der Waals surface area contributed by atoms with E-state index >= 15 is 0 Å². The van der Waals surface area contributed by atoms with Gasteiger partial charge in [0.1, 0.15) is 36.9 Å². The van der Waals surface area contributed by atoms with Gasteiger partial charge in [-0.05, 0) is 48.5 Å². The number of hydrogen-bond donors (Lipinski definition) is 2. The van der Waals surface area contributed by atoms with Gasteiger partial charge < -0.3 is 28.5 Å². The second kappa shape index (κ2) is 12.6. The minimum absolute atomic E-state index is 0.200. The lowest BCUT2D eigenvalue weighted by Crippen LogP contribution is -2.51. The van der Waals surface area contributed by atoms with Gasteiger partial charge in [-0.25, -0.2) is 0 Å². The van der Waals surface area contributed by atoms with Gasteiger partial charge in [-0.3, -0.25) is 9.80 Å². The number of nitrogens with zero attached hydrogens (tertiary/aromatic N) is 6. The number of β-amino-alcohol motifs (C(OH)–C–C–N with tert-alkyl or cyclic N) is 2. The third kappa shape index (κ3) is 7.13. The number of aliphatic hydroxyl groups excluding tert-OH is 2. The molecule has 2 aromatic heterocycles. The molecule has 1 aliphatic rings. The Labute approximate surface area is 219 Å². The predicted molar refractivity (Wildman–Crippen MR) is 135 cm³/mol. The van der Waals surface area contributed by atoms with Crippen LogP contribution in [0.4, 0.5) is 0 Å². The summed E-state index contributed by atoms with van der Waals surface area (Å²) in [5, 5.41) is 36.0. The van der Waals surface area contributed by atoms with Crippen LogP contribution in [0.25, 0.3) is 22.9 Å². The molecule has 12 heteroatoms. The van der Waals surface area contributed by atoms with Crippen LogP contribution in [0.1, 0.15) is 0 Å². The van der Waals surface area contributed by atoms with E-state index in [4.69, 9.17) is 18.3 Å². The largest absolute Gasteiger partial charge is 0.491 e. The van der Waals surface area contributed by atoms with Crippen LogP contribution in [-0.4, -0.2) is 105 Å². The van der Waals surface area contributed by atoms with Gasteiger partial charge in [-0.1, -0.05) is 0 Å². The van der Waals surface area contributed by atoms with Crippen molar-refractivity contribution in [1.29, 1.82) is 0 Å². The Morgan fingerprint density at radius 1 is 0.658 bits per heavy atom. The molecule has 4 aromatic rings. The maximum atomic E-state index is 10.4.